The Morgan fingerprint density at radius 1 is 1.50 bits per heavy atom. The van der Waals surface area contributed by atoms with Crippen LogP contribution in [0.5, 0.6) is 0 Å². The molecule has 112 valence electrons. The number of nitrogens with one attached hydrogen (secondary N) is 1. The number of hydrogen-bond donors (Lipinski definition) is 1. The minimum absolute atomic E-state index is 0.00174. The highest BCUT2D eigenvalue weighted by Crippen LogP contribution is 2.42. The highest BCUT2D eigenvalue weighted by molar-refractivity contribution is 7.10. The number of thiophene rings is 1. The summed E-state index contributed by atoms with van der Waals surface area (Å²) in [5, 5.41) is 5.93. The first-order valence-corrected chi connectivity index (χ1v) is 8.61. The lowest BCUT2D eigenvalue weighted by Gasteiger charge is -2.40. The van der Waals surface area contributed by atoms with Crippen LogP contribution < -0.4 is 5.32 Å². The Balaban J connectivity index is 1.79. The summed E-state index contributed by atoms with van der Waals surface area (Å²) in [6.45, 7) is 7.96. The van der Waals surface area contributed by atoms with Crippen LogP contribution in [-0.4, -0.2) is 32.0 Å². The summed E-state index contributed by atoms with van der Waals surface area (Å²) < 4.78 is 11.7. The summed E-state index contributed by atoms with van der Waals surface area (Å²) in [7, 11) is 0. The van der Waals surface area contributed by atoms with E-state index in [4.69, 9.17) is 9.47 Å². The molecule has 0 radical (unpaired) electrons. The van der Waals surface area contributed by atoms with Crippen molar-refractivity contribution in [2.24, 2.45) is 5.92 Å². The SMILES string of the molecule is CCNC(c1sccc1C)C1CCOC2(CCOC2)C1. The average molecular weight is 295 g/mol. The van der Waals surface area contributed by atoms with E-state index in [0.29, 0.717) is 12.0 Å². The van der Waals surface area contributed by atoms with Crippen LogP contribution in [0, 0.1) is 12.8 Å². The van der Waals surface area contributed by atoms with Gasteiger partial charge in [-0.1, -0.05) is 6.92 Å². The van der Waals surface area contributed by atoms with Gasteiger partial charge in [-0.3, -0.25) is 0 Å². The maximum atomic E-state index is 6.08. The molecule has 0 aliphatic carbocycles. The van der Waals surface area contributed by atoms with Gasteiger partial charge in [0, 0.05) is 30.6 Å². The zero-order valence-corrected chi connectivity index (χ0v) is 13.3. The third kappa shape index (κ3) is 2.80. The topological polar surface area (TPSA) is 30.5 Å². The molecule has 0 aromatic carbocycles. The fourth-order valence-electron chi connectivity index (χ4n) is 3.61. The second kappa shape index (κ2) is 6.14. The predicted octanol–water partition coefficient (Wildman–Crippen LogP) is 3.29. The molecule has 2 fully saturated rings. The summed E-state index contributed by atoms with van der Waals surface area (Å²) in [5.74, 6) is 0.655. The molecule has 0 amide bonds. The highest BCUT2D eigenvalue weighted by atomic mass is 32.1. The van der Waals surface area contributed by atoms with Crippen LogP contribution in [0.25, 0.3) is 0 Å². The Morgan fingerprint density at radius 2 is 2.40 bits per heavy atom. The molecular formula is C16H25NO2S. The quantitative estimate of drug-likeness (QED) is 0.924. The van der Waals surface area contributed by atoms with Crippen molar-refractivity contribution in [2.75, 3.05) is 26.4 Å². The normalized spacial score (nSPS) is 31.8. The lowest BCUT2D eigenvalue weighted by molar-refractivity contribution is -0.103. The molecule has 3 rings (SSSR count). The van der Waals surface area contributed by atoms with Gasteiger partial charge in [-0.05, 0) is 49.2 Å². The zero-order valence-electron chi connectivity index (χ0n) is 12.5. The van der Waals surface area contributed by atoms with Gasteiger partial charge in [-0.25, -0.2) is 0 Å². The van der Waals surface area contributed by atoms with E-state index in [1.807, 2.05) is 11.3 Å². The molecule has 4 heteroatoms. The standard InChI is InChI=1S/C16H25NO2S/c1-3-17-14(15-12(2)5-9-20-15)13-4-7-19-16(10-13)6-8-18-11-16/h5,9,13-14,17H,3-4,6-8,10-11H2,1-2H3. The minimum atomic E-state index is 0.00174. The first-order chi connectivity index (χ1) is 9.74. The van der Waals surface area contributed by atoms with Gasteiger partial charge < -0.3 is 14.8 Å². The Morgan fingerprint density at radius 3 is 3.05 bits per heavy atom. The second-order valence-corrected chi connectivity index (χ2v) is 7.04. The van der Waals surface area contributed by atoms with E-state index >= 15 is 0 Å². The van der Waals surface area contributed by atoms with Crippen LogP contribution in [0.1, 0.15) is 42.7 Å². The molecule has 1 aromatic heterocycles. The molecule has 2 saturated heterocycles. The van der Waals surface area contributed by atoms with Gasteiger partial charge in [-0.2, -0.15) is 0 Å². The van der Waals surface area contributed by atoms with Crippen molar-refractivity contribution >= 4 is 11.3 Å². The van der Waals surface area contributed by atoms with E-state index in [-0.39, 0.29) is 5.60 Å². The molecule has 3 unspecified atom stereocenters. The van der Waals surface area contributed by atoms with Crippen LogP contribution in [0.2, 0.25) is 0 Å². The van der Waals surface area contributed by atoms with Crippen LogP contribution >= 0.6 is 11.3 Å². The lowest BCUT2D eigenvalue weighted by atomic mass is 9.80. The van der Waals surface area contributed by atoms with E-state index < -0.39 is 0 Å². The van der Waals surface area contributed by atoms with Crippen LogP contribution in [0.4, 0.5) is 0 Å². The van der Waals surface area contributed by atoms with Crippen molar-refractivity contribution in [1.29, 1.82) is 0 Å². The van der Waals surface area contributed by atoms with Crippen molar-refractivity contribution in [3.05, 3.63) is 21.9 Å². The van der Waals surface area contributed by atoms with E-state index in [2.05, 4.69) is 30.6 Å². The van der Waals surface area contributed by atoms with E-state index in [1.165, 1.54) is 10.4 Å². The van der Waals surface area contributed by atoms with Gasteiger partial charge in [0.15, 0.2) is 0 Å². The smallest absolute Gasteiger partial charge is 0.0940 e. The van der Waals surface area contributed by atoms with Gasteiger partial charge in [0.2, 0.25) is 0 Å². The third-order valence-corrected chi connectivity index (χ3v) is 5.78. The van der Waals surface area contributed by atoms with Crippen molar-refractivity contribution in [2.45, 2.75) is 44.8 Å². The minimum Gasteiger partial charge on any atom is -0.378 e. The largest absolute Gasteiger partial charge is 0.378 e. The highest BCUT2D eigenvalue weighted by Gasteiger charge is 2.43. The fourth-order valence-corrected chi connectivity index (χ4v) is 4.70. The summed E-state index contributed by atoms with van der Waals surface area (Å²) in [6, 6.07) is 2.71. The van der Waals surface area contributed by atoms with E-state index in [1.54, 1.807) is 0 Å². The third-order valence-electron chi connectivity index (χ3n) is 4.68. The van der Waals surface area contributed by atoms with Crippen LogP contribution in [0.15, 0.2) is 11.4 Å². The van der Waals surface area contributed by atoms with Crippen molar-refractivity contribution < 1.29 is 9.47 Å². The Hall–Kier alpha value is -0.420. The molecule has 2 aliphatic rings. The molecular weight excluding hydrogens is 270 g/mol. The Kier molecular flexibility index (Phi) is 4.46. The first-order valence-electron chi connectivity index (χ1n) is 7.73. The van der Waals surface area contributed by atoms with Gasteiger partial charge in [-0.15, -0.1) is 11.3 Å². The molecule has 3 atom stereocenters. The lowest BCUT2D eigenvalue weighted by Crippen LogP contribution is -2.44. The van der Waals surface area contributed by atoms with Gasteiger partial charge in [0.05, 0.1) is 12.2 Å². The predicted molar refractivity (Wildman–Crippen MR) is 82.3 cm³/mol. The maximum absolute atomic E-state index is 6.08. The van der Waals surface area contributed by atoms with Crippen LogP contribution in [0.3, 0.4) is 0 Å². The van der Waals surface area contributed by atoms with Crippen LogP contribution in [-0.2, 0) is 9.47 Å². The second-order valence-electron chi connectivity index (χ2n) is 6.09. The molecule has 1 aromatic rings. The number of rotatable bonds is 4. The molecule has 3 nitrogen and oxygen atoms in total. The van der Waals surface area contributed by atoms with Gasteiger partial charge >= 0.3 is 0 Å². The fraction of sp³-hybridized carbons (Fsp3) is 0.750. The summed E-state index contributed by atoms with van der Waals surface area (Å²) in [5.41, 5.74) is 1.42. The van der Waals surface area contributed by atoms with Gasteiger partial charge in [0.1, 0.15) is 0 Å². The Labute approximate surface area is 125 Å². The molecule has 1 N–H and O–H groups in total. The maximum Gasteiger partial charge on any atom is 0.0940 e. The summed E-state index contributed by atoms with van der Waals surface area (Å²) in [4.78, 5) is 1.51. The van der Waals surface area contributed by atoms with Crippen molar-refractivity contribution in [3.8, 4) is 0 Å². The summed E-state index contributed by atoms with van der Waals surface area (Å²) in [6.07, 6.45) is 3.34. The first kappa shape index (κ1) is 14.5. The summed E-state index contributed by atoms with van der Waals surface area (Å²) >= 11 is 1.89. The number of aryl methyl sites for hydroxylation is 1. The molecule has 0 saturated carbocycles. The Bertz CT molecular complexity index is 439. The number of ether oxygens (including phenoxy) is 2. The molecule has 20 heavy (non-hydrogen) atoms. The molecule has 2 aliphatic heterocycles. The average Bonchev–Trinajstić information content (AvgIpc) is 3.06. The zero-order chi connectivity index (χ0) is 14.0. The van der Waals surface area contributed by atoms with Crippen molar-refractivity contribution in [1.82, 2.24) is 5.32 Å². The molecule has 3 heterocycles. The van der Waals surface area contributed by atoms with E-state index in [9.17, 15) is 0 Å². The van der Waals surface area contributed by atoms with Gasteiger partial charge in [0.25, 0.3) is 0 Å². The van der Waals surface area contributed by atoms with E-state index in [0.717, 1.165) is 45.6 Å². The molecule has 1 spiro atoms. The monoisotopic (exact) mass is 295 g/mol. The molecule has 0 bridgehead atoms. The van der Waals surface area contributed by atoms with Crippen molar-refractivity contribution in [3.63, 3.8) is 0 Å². The number of hydrogen-bond acceptors (Lipinski definition) is 4.